The van der Waals surface area contributed by atoms with Crippen LogP contribution in [0.25, 0.3) is 0 Å². The van der Waals surface area contributed by atoms with Crippen LogP contribution in [0.1, 0.15) is 48.3 Å². The lowest BCUT2D eigenvalue weighted by atomic mass is 10.00. The molecule has 0 aliphatic heterocycles. The van der Waals surface area contributed by atoms with Crippen LogP contribution in [0.4, 0.5) is 0 Å². The number of hydrogen-bond acceptors (Lipinski definition) is 2. The molecule has 0 radical (unpaired) electrons. The van der Waals surface area contributed by atoms with E-state index in [1.807, 2.05) is 99.6 Å². The molecule has 2 amide bonds. The number of benzene rings is 3. The summed E-state index contributed by atoms with van der Waals surface area (Å²) in [6, 6.07) is 27.6. The summed E-state index contributed by atoms with van der Waals surface area (Å²) >= 11 is 0. The Kier molecular flexibility index (Phi) is 6.68. The van der Waals surface area contributed by atoms with Crippen LogP contribution in [0.3, 0.4) is 0 Å². The Balaban J connectivity index is 2.07. The smallest absolute Gasteiger partial charge is 0.255 e. The van der Waals surface area contributed by atoms with Crippen LogP contribution >= 0.6 is 0 Å². The molecule has 0 saturated heterocycles. The molecule has 0 spiro atoms. The second-order valence-corrected chi connectivity index (χ2v) is 8.34. The summed E-state index contributed by atoms with van der Waals surface area (Å²) in [5.74, 6) is -0.383. The van der Waals surface area contributed by atoms with Gasteiger partial charge in [-0.15, -0.1) is 0 Å². The number of rotatable bonds is 6. The summed E-state index contributed by atoms with van der Waals surface area (Å²) in [5.41, 5.74) is 1.88. The quantitative estimate of drug-likeness (QED) is 0.634. The predicted octanol–water partition coefficient (Wildman–Crippen LogP) is 4.99. The average molecular weight is 401 g/mol. The molecule has 0 fully saturated rings. The van der Waals surface area contributed by atoms with Gasteiger partial charge in [0.15, 0.2) is 0 Å². The number of carbonyl (C=O) groups excluding carboxylic acids is 2. The summed E-state index contributed by atoms with van der Waals surface area (Å²) in [5, 5.41) is 3.06. The molecule has 30 heavy (non-hydrogen) atoms. The van der Waals surface area contributed by atoms with Crippen molar-refractivity contribution >= 4 is 11.8 Å². The van der Waals surface area contributed by atoms with Gasteiger partial charge in [-0.05, 0) is 44.0 Å². The number of hydrogen-bond donors (Lipinski definition) is 1. The van der Waals surface area contributed by atoms with Crippen molar-refractivity contribution in [3.63, 3.8) is 0 Å². The van der Waals surface area contributed by atoms with Gasteiger partial charge in [-0.2, -0.15) is 0 Å². The van der Waals surface area contributed by atoms with Gasteiger partial charge >= 0.3 is 0 Å². The maximum absolute atomic E-state index is 13.6. The molecular weight excluding hydrogens is 372 g/mol. The predicted molar refractivity (Wildman–Crippen MR) is 120 cm³/mol. The molecule has 0 heterocycles. The van der Waals surface area contributed by atoms with Crippen LogP contribution in [0.15, 0.2) is 91.0 Å². The van der Waals surface area contributed by atoms with Crippen molar-refractivity contribution in [1.29, 1.82) is 0 Å². The van der Waals surface area contributed by atoms with Crippen molar-refractivity contribution in [2.45, 2.75) is 38.9 Å². The third kappa shape index (κ3) is 5.57. The van der Waals surface area contributed by atoms with Crippen molar-refractivity contribution in [2.75, 3.05) is 0 Å². The minimum atomic E-state index is -0.752. The zero-order valence-corrected chi connectivity index (χ0v) is 17.7. The molecule has 3 aromatic rings. The SMILES string of the molecule is CC(C)(C)NC(=O)[C@H](c1ccccc1)N(Cc1ccccc1)C(=O)c1ccccc1. The molecule has 0 aromatic heterocycles. The molecule has 0 aliphatic rings. The van der Waals surface area contributed by atoms with Crippen molar-refractivity contribution in [2.24, 2.45) is 0 Å². The van der Waals surface area contributed by atoms with E-state index in [0.717, 1.165) is 11.1 Å². The second kappa shape index (κ2) is 9.40. The molecular formula is C26H28N2O2. The van der Waals surface area contributed by atoms with Crippen LogP contribution in [0.2, 0.25) is 0 Å². The van der Waals surface area contributed by atoms with Gasteiger partial charge in [-0.3, -0.25) is 9.59 Å². The normalized spacial score (nSPS) is 12.1. The highest BCUT2D eigenvalue weighted by molar-refractivity contribution is 5.98. The van der Waals surface area contributed by atoms with E-state index < -0.39 is 11.6 Å². The lowest BCUT2D eigenvalue weighted by Gasteiger charge is -2.34. The molecule has 1 N–H and O–H groups in total. The Bertz CT molecular complexity index is 964. The van der Waals surface area contributed by atoms with E-state index in [2.05, 4.69) is 5.32 Å². The minimum Gasteiger partial charge on any atom is -0.349 e. The van der Waals surface area contributed by atoms with Gasteiger partial charge in [0, 0.05) is 17.6 Å². The Morgan fingerprint density at radius 2 is 1.30 bits per heavy atom. The largest absolute Gasteiger partial charge is 0.349 e. The third-order valence-corrected chi connectivity index (χ3v) is 4.65. The van der Waals surface area contributed by atoms with E-state index in [1.165, 1.54) is 0 Å². The molecule has 0 bridgehead atoms. The van der Waals surface area contributed by atoms with Gasteiger partial charge in [0.1, 0.15) is 6.04 Å². The standard InChI is InChI=1S/C26H28N2O2/c1-26(2,3)27-24(29)23(21-15-9-5-10-16-21)28(19-20-13-7-4-8-14-20)25(30)22-17-11-6-12-18-22/h4-18,23H,19H2,1-3H3,(H,27,29)/t23-/m0/s1. The Morgan fingerprint density at radius 1 is 0.800 bits per heavy atom. The van der Waals surface area contributed by atoms with Crippen LogP contribution < -0.4 is 5.32 Å². The van der Waals surface area contributed by atoms with Crippen LogP contribution in [0, 0.1) is 0 Å². The fourth-order valence-electron chi connectivity index (χ4n) is 3.35. The Labute approximate surface area is 178 Å². The lowest BCUT2D eigenvalue weighted by molar-refractivity contribution is -0.127. The second-order valence-electron chi connectivity index (χ2n) is 8.34. The molecule has 154 valence electrons. The van der Waals surface area contributed by atoms with E-state index in [-0.39, 0.29) is 11.8 Å². The molecule has 0 saturated carbocycles. The number of nitrogens with one attached hydrogen (secondary N) is 1. The zero-order chi connectivity index (χ0) is 21.6. The average Bonchev–Trinajstić information content (AvgIpc) is 2.73. The van der Waals surface area contributed by atoms with Gasteiger partial charge in [0.2, 0.25) is 5.91 Å². The first kappa shape index (κ1) is 21.3. The summed E-state index contributed by atoms with van der Waals surface area (Å²) in [4.78, 5) is 28.7. The highest BCUT2D eigenvalue weighted by Crippen LogP contribution is 2.26. The number of carbonyl (C=O) groups is 2. The minimum absolute atomic E-state index is 0.183. The van der Waals surface area contributed by atoms with Crippen molar-refractivity contribution < 1.29 is 9.59 Å². The van der Waals surface area contributed by atoms with Crippen molar-refractivity contribution in [1.82, 2.24) is 10.2 Å². The van der Waals surface area contributed by atoms with E-state index in [0.29, 0.717) is 12.1 Å². The highest BCUT2D eigenvalue weighted by Gasteiger charge is 2.33. The first-order chi connectivity index (χ1) is 14.3. The van der Waals surface area contributed by atoms with Gasteiger partial charge < -0.3 is 10.2 Å². The molecule has 1 atom stereocenters. The summed E-state index contributed by atoms with van der Waals surface area (Å²) in [6.07, 6.45) is 0. The molecule has 4 nitrogen and oxygen atoms in total. The van der Waals surface area contributed by atoms with E-state index >= 15 is 0 Å². The molecule has 3 rings (SSSR count). The number of amides is 2. The summed E-state index contributed by atoms with van der Waals surface area (Å²) < 4.78 is 0. The van der Waals surface area contributed by atoms with Crippen LogP contribution in [-0.2, 0) is 11.3 Å². The zero-order valence-electron chi connectivity index (χ0n) is 17.7. The lowest BCUT2D eigenvalue weighted by Crippen LogP contribution is -2.49. The van der Waals surface area contributed by atoms with Crippen molar-refractivity contribution in [3.8, 4) is 0 Å². The van der Waals surface area contributed by atoms with Gasteiger partial charge in [-0.25, -0.2) is 0 Å². The van der Waals surface area contributed by atoms with Crippen LogP contribution in [0.5, 0.6) is 0 Å². The fourth-order valence-corrected chi connectivity index (χ4v) is 3.35. The Morgan fingerprint density at radius 3 is 1.83 bits per heavy atom. The molecule has 0 aliphatic carbocycles. The first-order valence-corrected chi connectivity index (χ1v) is 10.1. The van der Waals surface area contributed by atoms with E-state index in [9.17, 15) is 9.59 Å². The Hall–Kier alpha value is -3.40. The maximum Gasteiger partial charge on any atom is 0.255 e. The summed E-state index contributed by atoms with van der Waals surface area (Å²) in [7, 11) is 0. The van der Waals surface area contributed by atoms with Crippen molar-refractivity contribution in [3.05, 3.63) is 108 Å². The van der Waals surface area contributed by atoms with E-state index in [4.69, 9.17) is 0 Å². The van der Waals surface area contributed by atoms with Gasteiger partial charge in [-0.1, -0.05) is 78.9 Å². The van der Waals surface area contributed by atoms with Crippen LogP contribution in [-0.4, -0.2) is 22.3 Å². The summed E-state index contributed by atoms with van der Waals surface area (Å²) in [6.45, 7) is 6.14. The monoisotopic (exact) mass is 400 g/mol. The van der Waals surface area contributed by atoms with Gasteiger partial charge in [0.25, 0.3) is 5.91 Å². The van der Waals surface area contributed by atoms with Gasteiger partial charge in [0.05, 0.1) is 0 Å². The maximum atomic E-state index is 13.6. The first-order valence-electron chi connectivity index (χ1n) is 10.1. The third-order valence-electron chi connectivity index (χ3n) is 4.65. The molecule has 4 heteroatoms. The molecule has 0 unspecified atom stereocenters. The fraction of sp³-hybridized carbons (Fsp3) is 0.231. The topological polar surface area (TPSA) is 49.4 Å². The molecule has 3 aromatic carbocycles. The number of nitrogens with zero attached hydrogens (tertiary/aromatic N) is 1. The highest BCUT2D eigenvalue weighted by atomic mass is 16.2. The van der Waals surface area contributed by atoms with E-state index in [1.54, 1.807) is 17.0 Å².